The number of carbonyl (C=O) groups is 1. The van der Waals surface area contributed by atoms with Crippen LogP contribution < -0.4 is 4.74 Å². The smallest absolute Gasteiger partial charge is 0.170 e. The third-order valence-electron chi connectivity index (χ3n) is 2.19. The Labute approximate surface area is 108 Å². The summed E-state index contributed by atoms with van der Waals surface area (Å²) in [7, 11) is 0. The fraction of sp³-hybridized carbons (Fsp3) is 0.417. The molecule has 0 fully saturated rings. The fourth-order valence-corrected chi connectivity index (χ4v) is 1.74. The molecular weight excluding hydrogens is 288 g/mol. The van der Waals surface area contributed by atoms with Crippen LogP contribution in [0.1, 0.15) is 22.3 Å². The summed E-state index contributed by atoms with van der Waals surface area (Å²) in [5, 5.41) is 16.0. The minimum Gasteiger partial charge on any atom is -0.492 e. The van der Waals surface area contributed by atoms with Gasteiger partial charge in [0.15, 0.2) is 5.78 Å². The Morgan fingerprint density at radius 3 is 2.59 bits per heavy atom. The van der Waals surface area contributed by atoms with Crippen molar-refractivity contribution in [2.24, 2.45) is 0 Å². The second-order valence-corrected chi connectivity index (χ2v) is 3.99. The lowest BCUT2D eigenvalue weighted by Gasteiger charge is -2.16. The highest BCUT2D eigenvalue weighted by Crippen LogP contribution is 2.26. The maximum absolute atomic E-state index is 11.5. The Hall–Kier alpha value is -0.910. The lowest BCUT2D eigenvalue weighted by Crippen LogP contribution is -2.15. The molecule has 0 atom stereocenters. The topological polar surface area (TPSA) is 66.8 Å². The van der Waals surface area contributed by atoms with Crippen molar-refractivity contribution in [1.29, 1.82) is 0 Å². The molecule has 94 valence electrons. The van der Waals surface area contributed by atoms with Gasteiger partial charge in [-0.05, 0) is 17.7 Å². The molecule has 0 saturated carbocycles. The summed E-state index contributed by atoms with van der Waals surface area (Å²) in [5.74, 6) is 0.907. The predicted molar refractivity (Wildman–Crippen MR) is 67.7 cm³/mol. The van der Waals surface area contributed by atoms with Crippen molar-refractivity contribution in [3.63, 3.8) is 0 Å². The molecule has 1 heterocycles. The number of aliphatic hydroxyl groups excluding tert-OH is 2. The first kappa shape index (κ1) is 14.2. The highest BCUT2D eigenvalue weighted by atomic mass is 79.9. The summed E-state index contributed by atoms with van der Waals surface area (Å²) in [4.78, 5) is 11.5. The first-order valence-electron chi connectivity index (χ1n) is 5.29. The monoisotopic (exact) mass is 302 g/mol. The minimum atomic E-state index is -0.125. The van der Waals surface area contributed by atoms with Crippen molar-refractivity contribution in [1.82, 2.24) is 0 Å². The van der Waals surface area contributed by atoms with Crippen LogP contribution >= 0.6 is 15.9 Å². The fourth-order valence-electron chi connectivity index (χ4n) is 1.39. The first-order chi connectivity index (χ1) is 8.22. The number of Topliss-reactive ketones (excluding diaryl/α,β-unsaturated/α-hetero) is 1. The maximum atomic E-state index is 11.5. The molecule has 0 aromatic heterocycles. The zero-order valence-electron chi connectivity index (χ0n) is 9.36. The Bertz CT molecular complexity index is 377. The van der Waals surface area contributed by atoms with E-state index in [-0.39, 0.29) is 19.0 Å². The zero-order chi connectivity index (χ0) is 12.7. The summed E-state index contributed by atoms with van der Waals surface area (Å²) in [6.07, 6.45) is 0.499. The number of hydrogen-bond acceptors (Lipinski definition) is 4. The molecule has 0 aliphatic carbocycles. The standard InChI is InChI=1S/C10H9BrO2.C2H6O2/c11-6-7-1-2-10-8(5-7)9(12)3-4-13-10;3-1-2-4/h1-2,5H,3-4,6H2;3-4H,1-2H2. The lowest BCUT2D eigenvalue weighted by atomic mass is 10.0. The van der Waals surface area contributed by atoms with E-state index in [1.807, 2.05) is 18.2 Å². The van der Waals surface area contributed by atoms with Crippen LogP contribution in [0.3, 0.4) is 0 Å². The van der Waals surface area contributed by atoms with Crippen molar-refractivity contribution >= 4 is 21.7 Å². The Balaban J connectivity index is 0.000000317. The van der Waals surface area contributed by atoms with Gasteiger partial charge >= 0.3 is 0 Å². The average molecular weight is 303 g/mol. The van der Waals surface area contributed by atoms with Crippen LogP contribution in [0.15, 0.2) is 18.2 Å². The van der Waals surface area contributed by atoms with Gasteiger partial charge in [-0.1, -0.05) is 22.0 Å². The zero-order valence-corrected chi connectivity index (χ0v) is 10.9. The van der Waals surface area contributed by atoms with Gasteiger partial charge < -0.3 is 14.9 Å². The molecule has 1 aromatic carbocycles. The summed E-state index contributed by atoms with van der Waals surface area (Å²) in [6, 6.07) is 5.72. The van der Waals surface area contributed by atoms with Crippen LogP contribution in [0.25, 0.3) is 0 Å². The van der Waals surface area contributed by atoms with Gasteiger partial charge in [-0.3, -0.25) is 4.79 Å². The summed E-state index contributed by atoms with van der Waals surface area (Å²) >= 11 is 3.35. The highest BCUT2D eigenvalue weighted by Gasteiger charge is 2.17. The lowest BCUT2D eigenvalue weighted by molar-refractivity contribution is 0.0933. The molecule has 17 heavy (non-hydrogen) atoms. The molecule has 2 N–H and O–H groups in total. The second kappa shape index (κ2) is 7.42. The Morgan fingerprint density at radius 2 is 2.00 bits per heavy atom. The van der Waals surface area contributed by atoms with Gasteiger partial charge in [-0.2, -0.15) is 0 Å². The van der Waals surface area contributed by atoms with Gasteiger partial charge in [0.1, 0.15) is 5.75 Å². The van der Waals surface area contributed by atoms with E-state index >= 15 is 0 Å². The number of benzene rings is 1. The number of hydrogen-bond donors (Lipinski definition) is 2. The van der Waals surface area contributed by atoms with E-state index < -0.39 is 0 Å². The molecule has 0 unspecified atom stereocenters. The van der Waals surface area contributed by atoms with Gasteiger partial charge in [0.05, 0.1) is 25.4 Å². The van der Waals surface area contributed by atoms with Crippen molar-refractivity contribution in [2.75, 3.05) is 19.8 Å². The third-order valence-corrected chi connectivity index (χ3v) is 2.83. The molecule has 5 heteroatoms. The van der Waals surface area contributed by atoms with Crippen LogP contribution in [0.4, 0.5) is 0 Å². The number of halogens is 1. The van der Waals surface area contributed by atoms with E-state index in [9.17, 15) is 4.79 Å². The summed E-state index contributed by atoms with van der Waals surface area (Å²) < 4.78 is 5.36. The number of ketones is 1. The maximum Gasteiger partial charge on any atom is 0.170 e. The van der Waals surface area contributed by atoms with E-state index in [4.69, 9.17) is 14.9 Å². The highest BCUT2D eigenvalue weighted by molar-refractivity contribution is 9.08. The average Bonchev–Trinajstić information content (AvgIpc) is 2.39. The van der Waals surface area contributed by atoms with Crippen LogP contribution in [-0.4, -0.2) is 35.8 Å². The Kier molecular flexibility index (Phi) is 6.18. The molecule has 0 saturated heterocycles. The SMILES string of the molecule is O=C1CCOc2ccc(CBr)cc21.OCCO. The number of fused-ring (bicyclic) bond motifs is 1. The molecular formula is C12H15BrO4. The van der Waals surface area contributed by atoms with Crippen LogP contribution in [0.5, 0.6) is 5.75 Å². The molecule has 1 aromatic rings. The quantitative estimate of drug-likeness (QED) is 0.813. The first-order valence-corrected chi connectivity index (χ1v) is 6.41. The third kappa shape index (κ3) is 4.11. The van der Waals surface area contributed by atoms with Crippen molar-refractivity contribution in [3.8, 4) is 5.75 Å². The van der Waals surface area contributed by atoms with Crippen LogP contribution in [0, 0.1) is 0 Å². The van der Waals surface area contributed by atoms with Crippen molar-refractivity contribution < 1.29 is 19.7 Å². The van der Waals surface area contributed by atoms with E-state index in [0.717, 1.165) is 22.2 Å². The van der Waals surface area contributed by atoms with Gasteiger partial charge in [0.2, 0.25) is 0 Å². The normalized spacial score (nSPS) is 13.2. The molecule has 0 amide bonds. The van der Waals surface area contributed by atoms with Gasteiger partial charge in [0.25, 0.3) is 0 Å². The van der Waals surface area contributed by atoms with E-state index in [1.54, 1.807) is 0 Å². The van der Waals surface area contributed by atoms with Crippen molar-refractivity contribution in [3.05, 3.63) is 29.3 Å². The molecule has 1 aliphatic rings. The number of alkyl halides is 1. The molecule has 4 nitrogen and oxygen atoms in total. The summed E-state index contributed by atoms with van der Waals surface area (Å²) in [5.41, 5.74) is 1.83. The van der Waals surface area contributed by atoms with Crippen molar-refractivity contribution in [2.45, 2.75) is 11.8 Å². The minimum absolute atomic E-state index is 0.125. The number of aliphatic hydroxyl groups is 2. The molecule has 0 radical (unpaired) electrons. The second-order valence-electron chi connectivity index (χ2n) is 3.43. The molecule has 0 bridgehead atoms. The number of rotatable bonds is 2. The van der Waals surface area contributed by atoms with E-state index in [2.05, 4.69) is 15.9 Å². The van der Waals surface area contributed by atoms with E-state index in [0.29, 0.717) is 13.0 Å². The largest absolute Gasteiger partial charge is 0.492 e. The van der Waals surface area contributed by atoms with E-state index in [1.165, 1.54) is 0 Å². The summed E-state index contributed by atoms with van der Waals surface area (Å²) in [6.45, 7) is 0.263. The van der Waals surface area contributed by atoms with Crippen LogP contribution in [-0.2, 0) is 5.33 Å². The van der Waals surface area contributed by atoms with Gasteiger partial charge in [0, 0.05) is 11.8 Å². The molecule has 0 spiro atoms. The number of ether oxygens (including phenoxy) is 1. The van der Waals surface area contributed by atoms with Crippen LogP contribution in [0.2, 0.25) is 0 Å². The molecule has 1 aliphatic heterocycles. The van der Waals surface area contributed by atoms with Gasteiger partial charge in [-0.15, -0.1) is 0 Å². The Morgan fingerprint density at radius 1 is 1.29 bits per heavy atom. The number of carbonyl (C=O) groups excluding carboxylic acids is 1. The van der Waals surface area contributed by atoms with Gasteiger partial charge in [-0.25, -0.2) is 0 Å². The molecule has 2 rings (SSSR count). The predicted octanol–water partition coefficient (Wildman–Crippen LogP) is 1.52.